The van der Waals surface area contributed by atoms with Crippen LogP contribution in [0.3, 0.4) is 0 Å². The smallest absolute Gasteiger partial charge is 0.320 e. The van der Waals surface area contributed by atoms with Crippen LogP contribution in [0.2, 0.25) is 0 Å². The highest BCUT2D eigenvalue weighted by Gasteiger charge is 2.57. The van der Waals surface area contributed by atoms with Crippen molar-refractivity contribution in [2.75, 3.05) is 60.0 Å². The van der Waals surface area contributed by atoms with Crippen molar-refractivity contribution >= 4 is 11.9 Å². The Bertz CT molecular complexity index is 1010. The van der Waals surface area contributed by atoms with Crippen molar-refractivity contribution < 1.29 is 19.4 Å². The normalized spacial score (nSPS) is 29.7. The Balaban J connectivity index is 1.38. The highest BCUT2D eigenvalue weighted by Crippen LogP contribution is 2.50. The van der Waals surface area contributed by atoms with Gasteiger partial charge in [0.05, 0.1) is 36.3 Å². The summed E-state index contributed by atoms with van der Waals surface area (Å²) in [5.74, 6) is 0.0815. The molecule has 0 bridgehead atoms. The number of benzene rings is 1. The van der Waals surface area contributed by atoms with Crippen molar-refractivity contribution in [2.24, 2.45) is 5.41 Å². The van der Waals surface area contributed by atoms with Gasteiger partial charge in [-0.25, -0.2) is 4.79 Å². The van der Waals surface area contributed by atoms with E-state index in [1.165, 1.54) is 5.56 Å². The number of amides is 3. The standard InChI is InChI=1S/C30H46N4O4/c1-27(2,25(35)32-17-19-38-20-18-32)21-33-22-28(34(26(33)36)23-29(37)11-8-12-29)13-15-30(16-14-28,31(3)4)24-9-6-5-7-10-24/h5-7,9-10,37H,8,11-23H2,1-4H3/t28-,30-. The molecule has 2 saturated heterocycles. The summed E-state index contributed by atoms with van der Waals surface area (Å²) >= 11 is 0. The van der Waals surface area contributed by atoms with E-state index in [0.29, 0.717) is 45.9 Å². The Morgan fingerprint density at radius 1 is 1.03 bits per heavy atom. The predicted octanol–water partition coefficient (Wildman–Crippen LogP) is 3.29. The van der Waals surface area contributed by atoms with E-state index in [-0.39, 0.29) is 23.0 Å². The number of nitrogens with zero attached hydrogens (tertiary/aromatic N) is 4. The van der Waals surface area contributed by atoms with E-state index in [4.69, 9.17) is 4.74 Å². The Labute approximate surface area is 227 Å². The van der Waals surface area contributed by atoms with Gasteiger partial charge in [0.1, 0.15) is 0 Å². The summed E-state index contributed by atoms with van der Waals surface area (Å²) in [6.45, 7) is 7.64. The monoisotopic (exact) mass is 526 g/mol. The third-order valence-corrected chi connectivity index (χ3v) is 9.93. The fraction of sp³-hybridized carbons (Fsp3) is 0.733. The molecule has 2 saturated carbocycles. The number of ether oxygens (including phenoxy) is 1. The summed E-state index contributed by atoms with van der Waals surface area (Å²) in [6, 6.07) is 10.7. The molecule has 8 heteroatoms. The lowest BCUT2D eigenvalue weighted by Gasteiger charge is -2.52. The molecule has 210 valence electrons. The first kappa shape index (κ1) is 27.4. The third kappa shape index (κ3) is 4.84. The van der Waals surface area contributed by atoms with Crippen LogP contribution in [-0.2, 0) is 15.1 Å². The molecule has 1 aromatic carbocycles. The molecule has 38 heavy (non-hydrogen) atoms. The average Bonchev–Trinajstić information content (AvgIpc) is 3.13. The van der Waals surface area contributed by atoms with Crippen LogP contribution in [0.15, 0.2) is 30.3 Å². The SMILES string of the molecule is CN(C)[C@]1(c2ccccc2)CC[C@@]2(CC1)CN(CC(C)(C)C(=O)N1CCOCC1)C(=O)N2CC1(O)CCC1. The van der Waals surface area contributed by atoms with Crippen molar-refractivity contribution in [3.63, 3.8) is 0 Å². The minimum atomic E-state index is -0.784. The van der Waals surface area contributed by atoms with E-state index in [1.54, 1.807) is 0 Å². The van der Waals surface area contributed by atoms with Crippen molar-refractivity contribution in [2.45, 2.75) is 75.5 Å². The minimum absolute atomic E-state index is 0.0229. The van der Waals surface area contributed by atoms with Gasteiger partial charge in [-0.2, -0.15) is 0 Å². The second-order valence-electron chi connectivity index (χ2n) is 13.1. The maximum absolute atomic E-state index is 14.0. The number of aliphatic hydroxyl groups is 1. The number of carbonyl (C=O) groups is 2. The van der Waals surface area contributed by atoms with E-state index >= 15 is 0 Å². The maximum Gasteiger partial charge on any atom is 0.320 e. The molecule has 2 heterocycles. The van der Waals surface area contributed by atoms with Gasteiger partial charge in [0.15, 0.2) is 0 Å². The van der Waals surface area contributed by atoms with Gasteiger partial charge in [0.25, 0.3) is 0 Å². The van der Waals surface area contributed by atoms with E-state index in [0.717, 1.165) is 44.9 Å². The molecule has 0 unspecified atom stereocenters. The lowest BCUT2D eigenvalue weighted by Crippen LogP contribution is -2.59. The number of urea groups is 1. The second-order valence-corrected chi connectivity index (χ2v) is 13.1. The Kier molecular flexibility index (Phi) is 7.29. The molecule has 1 aromatic rings. The van der Waals surface area contributed by atoms with Gasteiger partial charge < -0.3 is 24.5 Å². The molecule has 4 aliphatic rings. The largest absolute Gasteiger partial charge is 0.388 e. The first-order valence-corrected chi connectivity index (χ1v) is 14.4. The molecular formula is C30H46N4O4. The van der Waals surface area contributed by atoms with Gasteiger partial charge in [-0.3, -0.25) is 9.69 Å². The molecule has 1 N–H and O–H groups in total. The molecule has 1 spiro atoms. The maximum atomic E-state index is 14.0. The lowest BCUT2D eigenvalue weighted by atomic mass is 9.67. The van der Waals surface area contributed by atoms with E-state index in [9.17, 15) is 14.7 Å². The van der Waals surface area contributed by atoms with Gasteiger partial charge in [-0.05, 0) is 78.5 Å². The summed E-state index contributed by atoms with van der Waals surface area (Å²) in [5.41, 5.74) is -0.554. The van der Waals surface area contributed by atoms with E-state index < -0.39 is 11.0 Å². The number of hydrogen-bond donors (Lipinski definition) is 1. The summed E-state index contributed by atoms with van der Waals surface area (Å²) in [6.07, 6.45) is 6.13. The zero-order valence-electron chi connectivity index (χ0n) is 23.7. The summed E-state index contributed by atoms with van der Waals surface area (Å²) < 4.78 is 5.44. The number of morpholine rings is 1. The van der Waals surface area contributed by atoms with E-state index in [1.807, 2.05) is 28.5 Å². The number of rotatable bonds is 7. The first-order valence-electron chi connectivity index (χ1n) is 14.4. The molecule has 2 aliphatic carbocycles. The quantitative estimate of drug-likeness (QED) is 0.590. The molecule has 0 aromatic heterocycles. The highest BCUT2D eigenvalue weighted by molar-refractivity contribution is 5.84. The molecule has 0 atom stereocenters. The molecule has 0 radical (unpaired) electrons. The average molecular weight is 527 g/mol. The topological polar surface area (TPSA) is 76.6 Å². The van der Waals surface area contributed by atoms with Crippen LogP contribution in [0, 0.1) is 5.41 Å². The minimum Gasteiger partial charge on any atom is -0.388 e. The van der Waals surface area contributed by atoms with Crippen LogP contribution in [-0.4, -0.2) is 108 Å². The highest BCUT2D eigenvalue weighted by atomic mass is 16.5. The Morgan fingerprint density at radius 3 is 2.21 bits per heavy atom. The summed E-state index contributed by atoms with van der Waals surface area (Å²) in [4.78, 5) is 35.6. The molecular weight excluding hydrogens is 480 g/mol. The van der Waals surface area contributed by atoms with Crippen LogP contribution < -0.4 is 0 Å². The zero-order chi connectivity index (χ0) is 27.2. The molecule has 4 fully saturated rings. The van der Waals surface area contributed by atoms with Gasteiger partial charge in [-0.1, -0.05) is 30.3 Å². The van der Waals surface area contributed by atoms with Crippen LogP contribution in [0.25, 0.3) is 0 Å². The molecule has 3 amide bonds. The van der Waals surface area contributed by atoms with Crippen molar-refractivity contribution in [1.82, 2.24) is 19.6 Å². The summed E-state index contributed by atoms with van der Waals surface area (Å²) in [5, 5.41) is 11.2. The van der Waals surface area contributed by atoms with Gasteiger partial charge in [0, 0.05) is 31.7 Å². The predicted molar refractivity (Wildman–Crippen MR) is 147 cm³/mol. The van der Waals surface area contributed by atoms with Gasteiger partial charge >= 0.3 is 6.03 Å². The second kappa shape index (κ2) is 10.1. The van der Waals surface area contributed by atoms with Gasteiger partial charge in [-0.15, -0.1) is 0 Å². The molecule has 2 aliphatic heterocycles. The van der Waals surface area contributed by atoms with Crippen molar-refractivity contribution in [3.8, 4) is 0 Å². The fourth-order valence-electron chi connectivity index (χ4n) is 7.32. The number of carbonyl (C=O) groups excluding carboxylic acids is 2. The van der Waals surface area contributed by atoms with Crippen LogP contribution in [0.4, 0.5) is 4.79 Å². The Morgan fingerprint density at radius 2 is 1.66 bits per heavy atom. The number of hydrogen-bond acceptors (Lipinski definition) is 5. The molecule has 8 nitrogen and oxygen atoms in total. The zero-order valence-corrected chi connectivity index (χ0v) is 23.7. The number of β-amino-alcohol motifs (C(OH)–C–C–N with tert-alkyl or cyclic N) is 1. The van der Waals surface area contributed by atoms with Crippen LogP contribution in [0.5, 0.6) is 0 Å². The van der Waals surface area contributed by atoms with Crippen LogP contribution >= 0.6 is 0 Å². The van der Waals surface area contributed by atoms with Crippen molar-refractivity contribution in [1.29, 1.82) is 0 Å². The van der Waals surface area contributed by atoms with Gasteiger partial charge in [0.2, 0.25) is 5.91 Å². The van der Waals surface area contributed by atoms with Crippen LogP contribution in [0.1, 0.15) is 64.4 Å². The molecule has 5 rings (SSSR count). The first-order chi connectivity index (χ1) is 18.0. The van der Waals surface area contributed by atoms with E-state index in [2.05, 4.69) is 49.3 Å². The lowest BCUT2D eigenvalue weighted by molar-refractivity contribution is -0.145. The third-order valence-electron chi connectivity index (χ3n) is 9.93. The van der Waals surface area contributed by atoms with Crippen molar-refractivity contribution in [3.05, 3.63) is 35.9 Å². The Hall–Kier alpha value is -2.16. The summed E-state index contributed by atoms with van der Waals surface area (Å²) in [7, 11) is 4.32. The fourth-order valence-corrected chi connectivity index (χ4v) is 7.32.